The summed E-state index contributed by atoms with van der Waals surface area (Å²) < 4.78 is 10.5. The van der Waals surface area contributed by atoms with Crippen molar-refractivity contribution in [3.63, 3.8) is 0 Å². The van der Waals surface area contributed by atoms with E-state index >= 15 is 0 Å². The van der Waals surface area contributed by atoms with Crippen molar-refractivity contribution >= 4 is 11.9 Å². The van der Waals surface area contributed by atoms with Gasteiger partial charge in [0, 0.05) is 39.3 Å². The van der Waals surface area contributed by atoms with E-state index in [4.69, 9.17) is 9.15 Å². The van der Waals surface area contributed by atoms with Gasteiger partial charge in [0.05, 0.1) is 20.2 Å². The number of hydrogen-bond acceptors (Lipinski definition) is 6. The Hall–Kier alpha value is -1.86. The molecule has 27 heavy (non-hydrogen) atoms. The Kier molecular flexibility index (Phi) is 6.90. The maximum Gasteiger partial charge on any atom is 0.341 e. The van der Waals surface area contributed by atoms with E-state index in [-0.39, 0.29) is 11.9 Å². The molecule has 0 aliphatic carbocycles. The molecule has 1 aromatic heterocycles. The monoisotopic (exact) mass is 377 g/mol. The van der Waals surface area contributed by atoms with Gasteiger partial charge in [-0.2, -0.15) is 0 Å². The van der Waals surface area contributed by atoms with E-state index in [1.807, 2.05) is 4.90 Å². The van der Waals surface area contributed by atoms with Crippen LogP contribution in [0.15, 0.2) is 10.5 Å². The zero-order valence-electron chi connectivity index (χ0n) is 16.5. The van der Waals surface area contributed by atoms with Gasteiger partial charge in [-0.3, -0.25) is 14.6 Å². The molecule has 2 saturated heterocycles. The third-order valence-electron chi connectivity index (χ3n) is 5.54. The first kappa shape index (κ1) is 19.9. The minimum atomic E-state index is -0.362. The van der Waals surface area contributed by atoms with E-state index in [9.17, 15) is 9.59 Å². The number of carbonyl (C=O) groups is 2. The highest BCUT2D eigenvalue weighted by Crippen LogP contribution is 2.18. The number of piperazine rings is 1. The van der Waals surface area contributed by atoms with Crippen molar-refractivity contribution in [1.29, 1.82) is 0 Å². The molecule has 0 atom stereocenters. The number of furan rings is 1. The molecular formula is C20H31N3O4. The molecule has 0 radical (unpaired) electrons. The van der Waals surface area contributed by atoms with Crippen molar-refractivity contribution in [2.24, 2.45) is 0 Å². The number of methoxy groups -OCH3 is 1. The molecule has 2 fully saturated rings. The topological polar surface area (TPSA) is 66.2 Å². The van der Waals surface area contributed by atoms with Crippen molar-refractivity contribution in [1.82, 2.24) is 14.7 Å². The van der Waals surface area contributed by atoms with Crippen molar-refractivity contribution in [2.45, 2.75) is 39.2 Å². The molecule has 0 bridgehead atoms. The summed E-state index contributed by atoms with van der Waals surface area (Å²) >= 11 is 0. The standard InChI is InChI=1S/C20H31N3O4/c1-16-18(20(25)26-2)13-17(27-16)14-21-9-11-22(12-10-21)15-19(24)23-7-5-3-4-6-8-23/h13H,3-12,14-15H2,1-2H3. The number of carbonyl (C=O) groups excluding carboxylic acids is 2. The number of ether oxygens (including phenoxy) is 1. The van der Waals surface area contributed by atoms with Crippen LogP contribution in [0.1, 0.15) is 47.6 Å². The predicted octanol–water partition coefficient (Wildman–Crippen LogP) is 1.89. The molecule has 3 rings (SSSR count). The lowest BCUT2D eigenvalue weighted by molar-refractivity contribution is -0.132. The highest BCUT2D eigenvalue weighted by Gasteiger charge is 2.23. The summed E-state index contributed by atoms with van der Waals surface area (Å²) in [5.41, 5.74) is 0.495. The van der Waals surface area contributed by atoms with Crippen LogP contribution in [0.3, 0.4) is 0 Å². The summed E-state index contributed by atoms with van der Waals surface area (Å²) in [6, 6.07) is 1.77. The van der Waals surface area contributed by atoms with E-state index < -0.39 is 0 Å². The number of hydrogen-bond donors (Lipinski definition) is 0. The summed E-state index contributed by atoms with van der Waals surface area (Å²) in [4.78, 5) is 30.8. The van der Waals surface area contributed by atoms with Crippen molar-refractivity contribution in [2.75, 3.05) is 52.9 Å². The van der Waals surface area contributed by atoms with Gasteiger partial charge in [0.25, 0.3) is 0 Å². The number of aryl methyl sites for hydroxylation is 1. The lowest BCUT2D eigenvalue weighted by Gasteiger charge is -2.34. The van der Waals surface area contributed by atoms with Gasteiger partial charge in [-0.15, -0.1) is 0 Å². The summed E-state index contributed by atoms with van der Waals surface area (Å²) in [5, 5.41) is 0. The minimum Gasteiger partial charge on any atom is -0.465 e. The molecule has 7 nitrogen and oxygen atoms in total. The zero-order chi connectivity index (χ0) is 19.2. The van der Waals surface area contributed by atoms with Crippen LogP contribution in [0, 0.1) is 6.92 Å². The molecular weight excluding hydrogens is 346 g/mol. The Morgan fingerprint density at radius 1 is 1.00 bits per heavy atom. The highest BCUT2D eigenvalue weighted by atomic mass is 16.5. The maximum atomic E-state index is 12.5. The highest BCUT2D eigenvalue weighted by molar-refractivity contribution is 5.90. The molecule has 0 spiro atoms. The largest absolute Gasteiger partial charge is 0.465 e. The first-order chi connectivity index (χ1) is 13.1. The van der Waals surface area contributed by atoms with Gasteiger partial charge in [0.2, 0.25) is 5.91 Å². The van der Waals surface area contributed by atoms with Crippen LogP contribution in [0.5, 0.6) is 0 Å². The van der Waals surface area contributed by atoms with E-state index in [2.05, 4.69) is 9.80 Å². The third kappa shape index (κ3) is 5.32. The second kappa shape index (κ2) is 9.37. The van der Waals surface area contributed by atoms with Gasteiger partial charge in [-0.05, 0) is 25.8 Å². The van der Waals surface area contributed by atoms with Crippen LogP contribution in [-0.2, 0) is 16.1 Å². The molecule has 0 unspecified atom stereocenters. The molecule has 2 aliphatic heterocycles. The van der Waals surface area contributed by atoms with Crippen molar-refractivity contribution in [3.8, 4) is 0 Å². The lowest BCUT2D eigenvalue weighted by Crippen LogP contribution is -2.49. The number of esters is 1. The fourth-order valence-electron chi connectivity index (χ4n) is 3.87. The van der Waals surface area contributed by atoms with Crippen molar-refractivity contribution in [3.05, 3.63) is 23.2 Å². The first-order valence-electron chi connectivity index (χ1n) is 9.97. The molecule has 3 heterocycles. The van der Waals surface area contributed by atoms with E-state index in [1.165, 1.54) is 20.0 Å². The predicted molar refractivity (Wildman–Crippen MR) is 102 cm³/mol. The summed E-state index contributed by atoms with van der Waals surface area (Å²) in [7, 11) is 1.38. The lowest BCUT2D eigenvalue weighted by atomic mass is 10.2. The first-order valence-corrected chi connectivity index (χ1v) is 9.97. The van der Waals surface area contributed by atoms with E-state index in [0.29, 0.717) is 24.4 Å². The van der Waals surface area contributed by atoms with Crippen LogP contribution in [0.4, 0.5) is 0 Å². The molecule has 0 saturated carbocycles. The van der Waals surface area contributed by atoms with Gasteiger partial charge in [0.1, 0.15) is 17.1 Å². The molecule has 1 aromatic rings. The van der Waals surface area contributed by atoms with Gasteiger partial charge in [-0.25, -0.2) is 4.79 Å². The number of rotatable bonds is 5. The number of nitrogens with zero attached hydrogens (tertiary/aromatic N) is 3. The average molecular weight is 377 g/mol. The Bertz CT molecular complexity index is 642. The fraction of sp³-hybridized carbons (Fsp3) is 0.700. The van der Waals surface area contributed by atoms with Gasteiger partial charge >= 0.3 is 5.97 Å². The number of likely N-dealkylation sites (tertiary alicyclic amines) is 1. The van der Waals surface area contributed by atoms with Crippen LogP contribution >= 0.6 is 0 Å². The molecule has 150 valence electrons. The third-order valence-corrected chi connectivity index (χ3v) is 5.54. The van der Waals surface area contributed by atoms with Gasteiger partial charge < -0.3 is 14.1 Å². The average Bonchev–Trinajstić information content (AvgIpc) is 2.87. The summed E-state index contributed by atoms with van der Waals surface area (Å²) in [6.45, 7) is 8.35. The molecule has 2 aliphatic rings. The van der Waals surface area contributed by atoms with Crippen LogP contribution in [-0.4, -0.2) is 79.5 Å². The Morgan fingerprint density at radius 3 is 2.26 bits per heavy atom. The zero-order valence-corrected chi connectivity index (χ0v) is 16.5. The quantitative estimate of drug-likeness (QED) is 0.730. The molecule has 0 aromatic carbocycles. The fourth-order valence-corrected chi connectivity index (χ4v) is 3.87. The Labute approximate surface area is 161 Å². The van der Waals surface area contributed by atoms with Gasteiger partial charge in [0.15, 0.2) is 0 Å². The van der Waals surface area contributed by atoms with E-state index in [0.717, 1.165) is 57.9 Å². The van der Waals surface area contributed by atoms with Crippen LogP contribution in [0.2, 0.25) is 0 Å². The second-order valence-electron chi connectivity index (χ2n) is 7.52. The Balaban J connectivity index is 1.45. The SMILES string of the molecule is COC(=O)c1cc(CN2CCN(CC(=O)N3CCCCCC3)CC2)oc1C. The van der Waals surface area contributed by atoms with E-state index in [1.54, 1.807) is 13.0 Å². The normalized spacial score (nSPS) is 19.7. The molecule has 7 heteroatoms. The maximum absolute atomic E-state index is 12.5. The smallest absolute Gasteiger partial charge is 0.341 e. The summed E-state index contributed by atoms with van der Waals surface area (Å²) in [6.07, 6.45) is 4.75. The van der Waals surface area contributed by atoms with Crippen LogP contribution < -0.4 is 0 Å². The Morgan fingerprint density at radius 2 is 1.63 bits per heavy atom. The van der Waals surface area contributed by atoms with Crippen molar-refractivity contribution < 1.29 is 18.7 Å². The van der Waals surface area contributed by atoms with Crippen LogP contribution in [0.25, 0.3) is 0 Å². The number of amides is 1. The summed E-state index contributed by atoms with van der Waals surface area (Å²) in [5.74, 6) is 1.29. The molecule has 0 N–H and O–H groups in total. The minimum absolute atomic E-state index is 0.273. The van der Waals surface area contributed by atoms with Gasteiger partial charge in [-0.1, -0.05) is 12.8 Å². The molecule has 1 amide bonds. The second-order valence-corrected chi connectivity index (χ2v) is 7.52.